The molecule has 3 rings (SSSR count). The molecule has 0 fully saturated rings. The van der Waals surface area contributed by atoms with Gasteiger partial charge in [0.15, 0.2) is 0 Å². The summed E-state index contributed by atoms with van der Waals surface area (Å²) in [7, 11) is 0. The molecule has 3 aromatic rings. The normalized spacial score (nSPS) is 12.7. The van der Waals surface area contributed by atoms with Gasteiger partial charge in [-0.3, -0.25) is 4.79 Å². The van der Waals surface area contributed by atoms with Gasteiger partial charge in [0.05, 0.1) is 11.0 Å². The van der Waals surface area contributed by atoms with Crippen LogP contribution in [-0.4, -0.2) is 25.5 Å². The number of fused-ring (bicyclic) bond motifs is 1. The largest absolute Gasteiger partial charge is 0.388 e. The van der Waals surface area contributed by atoms with Crippen molar-refractivity contribution in [2.24, 2.45) is 5.92 Å². The summed E-state index contributed by atoms with van der Waals surface area (Å²) in [6.07, 6.45) is 4.60. The molecule has 126 valence electrons. The van der Waals surface area contributed by atoms with Gasteiger partial charge in [-0.1, -0.05) is 13.8 Å². The third-order valence-corrected chi connectivity index (χ3v) is 3.93. The van der Waals surface area contributed by atoms with E-state index in [9.17, 15) is 4.79 Å². The molecule has 0 aliphatic carbocycles. The van der Waals surface area contributed by atoms with Crippen molar-refractivity contribution in [2.45, 2.75) is 32.9 Å². The zero-order valence-corrected chi connectivity index (χ0v) is 13.9. The molecule has 0 saturated carbocycles. The van der Waals surface area contributed by atoms with Gasteiger partial charge in [-0.15, -0.1) is 0 Å². The third kappa shape index (κ3) is 3.49. The second-order valence-corrected chi connectivity index (χ2v) is 6.34. The van der Waals surface area contributed by atoms with Gasteiger partial charge < -0.3 is 20.0 Å². The second kappa shape index (κ2) is 6.88. The van der Waals surface area contributed by atoms with Crippen LogP contribution in [0, 0.1) is 5.92 Å². The number of aromatic amines is 1. The van der Waals surface area contributed by atoms with Gasteiger partial charge in [0.25, 0.3) is 0 Å². The molecule has 0 unspecified atom stereocenters. The lowest BCUT2D eigenvalue weighted by Crippen LogP contribution is -2.26. The van der Waals surface area contributed by atoms with E-state index in [4.69, 9.17) is 5.11 Å². The number of hydrogen-bond acceptors (Lipinski definition) is 3. The van der Waals surface area contributed by atoms with Crippen LogP contribution in [0.5, 0.6) is 0 Å². The highest BCUT2D eigenvalue weighted by molar-refractivity contribution is 5.95. The van der Waals surface area contributed by atoms with Crippen LogP contribution in [0.2, 0.25) is 0 Å². The maximum Gasteiger partial charge on any atom is 0.247 e. The van der Waals surface area contributed by atoms with Crippen LogP contribution in [0.25, 0.3) is 11.0 Å². The summed E-state index contributed by atoms with van der Waals surface area (Å²) in [4.78, 5) is 20.0. The maximum absolute atomic E-state index is 12.7. The summed E-state index contributed by atoms with van der Waals surface area (Å²) in [5.74, 6) is 0.880. The van der Waals surface area contributed by atoms with Crippen LogP contribution >= 0.6 is 0 Å². The third-order valence-electron chi connectivity index (χ3n) is 3.93. The molecular formula is C18H22N4O2. The van der Waals surface area contributed by atoms with E-state index in [0.717, 1.165) is 17.5 Å². The number of aliphatic hydroxyl groups is 1. The Morgan fingerprint density at radius 1 is 1.33 bits per heavy atom. The Kier molecular flexibility index (Phi) is 4.66. The van der Waals surface area contributed by atoms with Gasteiger partial charge >= 0.3 is 0 Å². The fourth-order valence-electron chi connectivity index (χ4n) is 2.81. The average Bonchev–Trinajstić information content (AvgIpc) is 3.20. The Bertz CT molecular complexity index is 821. The van der Waals surface area contributed by atoms with Crippen LogP contribution in [0.1, 0.15) is 32.1 Å². The molecule has 1 amide bonds. The first-order chi connectivity index (χ1) is 11.6. The van der Waals surface area contributed by atoms with Crippen LogP contribution in [-0.2, 0) is 11.4 Å². The molecule has 0 bridgehead atoms. The summed E-state index contributed by atoms with van der Waals surface area (Å²) in [5.41, 5.74) is 2.26. The number of aliphatic hydroxyl groups excluding tert-OH is 1. The minimum Gasteiger partial charge on any atom is -0.388 e. The first-order valence-corrected chi connectivity index (χ1v) is 8.09. The van der Waals surface area contributed by atoms with E-state index in [0.29, 0.717) is 17.4 Å². The van der Waals surface area contributed by atoms with Crippen molar-refractivity contribution in [3.63, 3.8) is 0 Å². The van der Waals surface area contributed by atoms with E-state index in [2.05, 4.69) is 29.1 Å². The number of anilines is 1. The van der Waals surface area contributed by atoms with Crippen LogP contribution in [0.15, 0.2) is 42.7 Å². The van der Waals surface area contributed by atoms with Gasteiger partial charge in [-0.05, 0) is 42.7 Å². The Morgan fingerprint density at radius 2 is 2.08 bits per heavy atom. The molecule has 0 aliphatic heterocycles. The van der Waals surface area contributed by atoms with Gasteiger partial charge in [0.2, 0.25) is 5.91 Å². The fraction of sp³-hybridized carbons (Fsp3) is 0.333. The van der Waals surface area contributed by atoms with Crippen molar-refractivity contribution < 1.29 is 9.90 Å². The summed E-state index contributed by atoms with van der Waals surface area (Å²) >= 11 is 0. The van der Waals surface area contributed by atoms with Crippen LogP contribution < -0.4 is 5.32 Å². The van der Waals surface area contributed by atoms with Crippen molar-refractivity contribution in [3.05, 3.63) is 48.5 Å². The first-order valence-electron chi connectivity index (χ1n) is 8.09. The highest BCUT2D eigenvalue weighted by Gasteiger charge is 2.21. The molecule has 6 nitrogen and oxygen atoms in total. The molecule has 1 aromatic carbocycles. The minimum atomic E-state index is -0.245. The predicted octanol–water partition coefficient (Wildman–Crippen LogP) is 3.08. The van der Waals surface area contributed by atoms with Gasteiger partial charge in [0.1, 0.15) is 18.5 Å². The number of H-pyrrole nitrogens is 1. The lowest BCUT2D eigenvalue weighted by atomic mass is 10.0. The van der Waals surface area contributed by atoms with Crippen molar-refractivity contribution >= 4 is 22.6 Å². The molecule has 24 heavy (non-hydrogen) atoms. The van der Waals surface area contributed by atoms with E-state index in [1.165, 1.54) is 0 Å². The van der Waals surface area contributed by atoms with Gasteiger partial charge in [-0.2, -0.15) is 0 Å². The standard InChI is InChI=1S/C18H22N4O2/c1-12(2)9-16(22-7-3-4-8-22)18(24)19-13-5-6-14-15(10-13)21-17(11-23)20-14/h3-8,10,12,16,23H,9,11H2,1-2H3,(H,19,24)(H,20,21)/t16-/m1/s1. The second-order valence-electron chi connectivity index (χ2n) is 6.34. The average molecular weight is 326 g/mol. The summed E-state index contributed by atoms with van der Waals surface area (Å²) in [6, 6.07) is 9.09. The highest BCUT2D eigenvalue weighted by Crippen LogP contribution is 2.22. The molecular weight excluding hydrogens is 304 g/mol. The summed E-state index contributed by atoms with van der Waals surface area (Å²) < 4.78 is 1.94. The number of carbonyl (C=O) groups is 1. The number of carbonyl (C=O) groups excluding carboxylic acids is 1. The van der Waals surface area contributed by atoms with Crippen LogP contribution in [0.3, 0.4) is 0 Å². The van der Waals surface area contributed by atoms with Crippen molar-refractivity contribution in [2.75, 3.05) is 5.32 Å². The quantitative estimate of drug-likeness (QED) is 0.651. The minimum absolute atomic E-state index is 0.0406. The molecule has 0 saturated heterocycles. The number of hydrogen-bond donors (Lipinski definition) is 3. The smallest absolute Gasteiger partial charge is 0.247 e. The van der Waals surface area contributed by atoms with Crippen LogP contribution in [0.4, 0.5) is 5.69 Å². The number of aromatic nitrogens is 3. The molecule has 1 atom stereocenters. The summed E-state index contributed by atoms with van der Waals surface area (Å²) in [6.45, 7) is 4.08. The van der Waals surface area contributed by atoms with Crippen molar-refractivity contribution in [1.29, 1.82) is 0 Å². The number of rotatable bonds is 6. The van der Waals surface area contributed by atoms with E-state index >= 15 is 0 Å². The molecule has 6 heteroatoms. The number of nitrogens with one attached hydrogen (secondary N) is 2. The molecule has 0 aliphatic rings. The monoisotopic (exact) mass is 326 g/mol. The predicted molar refractivity (Wildman–Crippen MR) is 93.6 cm³/mol. The van der Waals surface area contributed by atoms with E-state index < -0.39 is 0 Å². The Morgan fingerprint density at radius 3 is 2.75 bits per heavy atom. The van der Waals surface area contributed by atoms with E-state index in [1.54, 1.807) is 0 Å². The van der Waals surface area contributed by atoms with Gasteiger partial charge in [-0.25, -0.2) is 4.98 Å². The number of benzene rings is 1. The Balaban J connectivity index is 1.81. The molecule has 2 heterocycles. The molecule has 2 aromatic heterocycles. The lowest BCUT2D eigenvalue weighted by molar-refractivity contribution is -0.119. The first kappa shape index (κ1) is 16.3. The number of amides is 1. The zero-order chi connectivity index (χ0) is 17.1. The maximum atomic E-state index is 12.7. The van der Waals surface area contributed by atoms with Crippen molar-refractivity contribution in [3.8, 4) is 0 Å². The lowest BCUT2D eigenvalue weighted by Gasteiger charge is -2.20. The topological polar surface area (TPSA) is 82.9 Å². The van der Waals surface area contributed by atoms with Gasteiger partial charge in [0, 0.05) is 18.1 Å². The fourth-order valence-corrected chi connectivity index (χ4v) is 2.81. The van der Waals surface area contributed by atoms with Crippen molar-refractivity contribution in [1.82, 2.24) is 14.5 Å². The number of nitrogens with zero attached hydrogens (tertiary/aromatic N) is 2. The Hall–Kier alpha value is -2.60. The Labute approximate surface area is 140 Å². The zero-order valence-electron chi connectivity index (χ0n) is 13.9. The van der Waals surface area contributed by atoms with E-state index in [-0.39, 0.29) is 18.6 Å². The SMILES string of the molecule is CC(C)C[C@H](C(=O)Nc1ccc2nc(CO)[nH]c2c1)n1cccc1. The molecule has 3 N–H and O–H groups in total. The van der Waals surface area contributed by atoms with E-state index in [1.807, 2.05) is 47.3 Å². The number of imidazole rings is 1. The molecule has 0 spiro atoms. The highest BCUT2D eigenvalue weighted by atomic mass is 16.3. The molecule has 0 radical (unpaired) electrons. The summed E-state index contributed by atoms with van der Waals surface area (Å²) in [5, 5.41) is 12.1.